The maximum absolute atomic E-state index is 12.0. The first-order valence-electron chi connectivity index (χ1n) is 9.71. The van der Waals surface area contributed by atoms with E-state index >= 15 is 0 Å². The summed E-state index contributed by atoms with van der Waals surface area (Å²) in [7, 11) is 1.53. The maximum atomic E-state index is 12.0. The van der Waals surface area contributed by atoms with Gasteiger partial charge >= 0.3 is 0 Å². The summed E-state index contributed by atoms with van der Waals surface area (Å²) >= 11 is 0. The standard InChI is InChI=1S/C21H24N4O6/c1-29-20-12-17(13-22-23-21(26)14-24-8-10-30-11-9-24)4-7-19(20)31-15-16-2-5-18(6-3-16)25(27)28/h2-7,12-13H,8-11,14-15H2,1H3,(H,23,26)/b22-13-. The lowest BCUT2D eigenvalue weighted by atomic mass is 10.2. The van der Waals surface area contributed by atoms with E-state index < -0.39 is 4.92 Å². The van der Waals surface area contributed by atoms with Gasteiger partial charge in [0.05, 0.1) is 38.0 Å². The van der Waals surface area contributed by atoms with Gasteiger partial charge in [-0.2, -0.15) is 5.10 Å². The second kappa shape index (κ2) is 11.0. The number of nitrogens with zero attached hydrogens (tertiary/aromatic N) is 3. The number of nitro benzene ring substituents is 1. The molecule has 3 rings (SSSR count). The Morgan fingerprint density at radius 1 is 1.23 bits per heavy atom. The molecule has 0 aromatic heterocycles. The third-order valence-corrected chi connectivity index (χ3v) is 4.60. The van der Waals surface area contributed by atoms with Gasteiger partial charge in [-0.1, -0.05) is 0 Å². The molecule has 0 aliphatic carbocycles. The molecule has 31 heavy (non-hydrogen) atoms. The largest absolute Gasteiger partial charge is 0.493 e. The molecular weight excluding hydrogens is 404 g/mol. The van der Waals surface area contributed by atoms with Crippen LogP contribution in [0.1, 0.15) is 11.1 Å². The van der Waals surface area contributed by atoms with E-state index in [0.29, 0.717) is 24.7 Å². The van der Waals surface area contributed by atoms with Crippen LogP contribution in [-0.4, -0.2) is 61.9 Å². The van der Waals surface area contributed by atoms with Crippen LogP contribution in [0.5, 0.6) is 11.5 Å². The van der Waals surface area contributed by atoms with Crippen LogP contribution in [0.2, 0.25) is 0 Å². The van der Waals surface area contributed by atoms with Crippen LogP contribution in [0.3, 0.4) is 0 Å². The minimum atomic E-state index is -0.445. The summed E-state index contributed by atoms with van der Waals surface area (Å²) in [4.78, 5) is 24.3. The normalized spacial score (nSPS) is 14.4. The number of ether oxygens (including phenoxy) is 3. The predicted molar refractivity (Wildman–Crippen MR) is 113 cm³/mol. The van der Waals surface area contributed by atoms with Crippen molar-refractivity contribution in [2.45, 2.75) is 6.61 Å². The van der Waals surface area contributed by atoms with Gasteiger partial charge in [0.25, 0.3) is 11.6 Å². The Kier molecular flexibility index (Phi) is 7.91. The molecule has 0 spiro atoms. The molecule has 1 aliphatic heterocycles. The quantitative estimate of drug-likeness (QED) is 0.369. The number of nitrogens with one attached hydrogen (secondary N) is 1. The zero-order chi connectivity index (χ0) is 22.1. The number of hydrogen-bond donors (Lipinski definition) is 1. The van der Waals surface area contributed by atoms with E-state index in [1.54, 1.807) is 30.3 Å². The van der Waals surface area contributed by atoms with Gasteiger partial charge in [-0.3, -0.25) is 19.8 Å². The van der Waals surface area contributed by atoms with Gasteiger partial charge < -0.3 is 14.2 Å². The van der Waals surface area contributed by atoms with E-state index in [9.17, 15) is 14.9 Å². The first kappa shape index (κ1) is 22.2. The van der Waals surface area contributed by atoms with Crippen molar-refractivity contribution in [3.8, 4) is 11.5 Å². The van der Waals surface area contributed by atoms with Gasteiger partial charge in [-0.15, -0.1) is 0 Å². The Morgan fingerprint density at radius 2 is 1.97 bits per heavy atom. The number of methoxy groups -OCH3 is 1. The summed E-state index contributed by atoms with van der Waals surface area (Å²) < 4.78 is 16.4. The average Bonchev–Trinajstić information content (AvgIpc) is 2.79. The number of rotatable bonds is 9. The van der Waals surface area contributed by atoms with E-state index in [0.717, 1.165) is 24.2 Å². The molecule has 164 valence electrons. The fraction of sp³-hybridized carbons (Fsp3) is 0.333. The Labute approximate surface area is 179 Å². The number of nitro groups is 1. The van der Waals surface area contributed by atoms with Crippen molar-refractivity contribution in [3.05, 3.63) is 63.7 Å². The lowest BCUT2D eigenvalue weighted by molar-refractivity contribution is -0.384. The number of carbonyl (C=O) groups is 1. The van der Waals surface area contributed by atoms with E-state index in [4.69, 9.17) is 14.2 Å². The van der Waals surface area contributed by atoms with Crippen LogP contribution in [0.4, 0.5) is 5.69 Å². The van der Waals surface area contributed by atoms with Crippen molar-refractivity contribution >= 4 is 17.8 Å². The molecule has 2 aromatic rings. The summed E-state index contributed by atoms with van der Waals surface area (Å²) in [5.41, 5.74) is 4.07. The van der Waals surface area contributed by atoms with Gasteiger partial charge in [0.1, 0.15) is 6.61 Å². The summed E-state index contributed by atoms with van der Waals surface area (Å²) in [5, 5.41) is 14.7. The lowest BCUT2D eigenvalue weighted by Gasteiger charge is -2.25. The number of morpholine rings is 1. The molecule has 0 atom stereocenters. The fourth-order valence-corrected chi connectivity index (χ4v) is 2.94. The molecule has 1 N–H and O–H groups in total. The minimum Gasteiger partial charge on any atom is -0.493 e. The van der Waals surface area contributed by atoms with Crippen LogP contribution in [0.25, 0.3) is 0 Å². The molecule has 0 unspecified atom stereocenters. The third-order valence-electron chi connectivity index (χ3n) is 4.60. The zero-order valence-electron chi connectivity index (χ0n) is 17.2. The fourth-order valence-electron chi connectivity index (χ4n) is 2.94. The maximum Gasteiger partial charge on any atom is 0.269 e. The number of hydrogen-bond acceptors (Lipinski definition) is 8. The van der Waals surface area contributed by atoms with E-state index in [-0.39, 0.29) is 24.7 Å². The first-order valence-corrected chi connectivity index (χ1v) is 9.71. The van der Waals surface area contributed by atoms with Crippen LogP contribution < -0.4 is 14.9 Å². The van der Waals surface area contributed by atoms with Crippen LogP contribution in [0, 0.1) is 10.1 Å². The van der Waals surface area contributed by atoms with Crippen molar-refractivity contribution in [1.82, 2.24) is 10.3 Å². The van der Waals surface area contributed by atoms with Gasteiger partial charge in [-0.05, 0) is 41.5 Å². The average molecular weight is 428 g/mol. The Morgan fingerprint density at radius 3 is 2.65 bits per heavy atom. The van der Waals surface area contributed by atoms with Crippen molar-refractivity contribution in [3.63, 3.8) is 0 Å². The summed E-state index contributed by atoms with van der Waals surface area (Å²) in [6, 6.07) is 11.4. The Hall–Kier alpha value is -3.50. The summed E-state index contributed by atoms with van der Waals surface area (Å²) in [6.07, 6.45) is 1.53. The molecule has 1 saturated heterocycles. The van der Waals surface area contributed by atoms with Crippen molar-refractivity contribution in [2.24, 2.45) is 5.10 Å². The van der Waals surface area contributed by atoms with Crippen molar-refractivity contribution in [1.29, 1.82) is 0 Å². The third kappa shape index (κ3) is 6.76. The highest BCUT2D eigenvalue weighted by Gasteiger charge is 2.13. The molecule has 1 aliphatic rings. The van der Waals surface area contributed by atoms with Gasteiger partial charge in [-0.25, -0.2) is 5.43 Å². The molecule has 0 bridgehead atoms. The van der Waals surface area contributed by atoms with Crippen molar-refractivity contribution in [2.75, 3.05) is 40.0 Å². The summed E-state index contributed by atoms with van der Waals surface area (Å²) in [6.45, 7) is 3.24. The van der Waals surface area contributed by atoms with Crippen LogP contribution >= 0.6 is 0 Å². The van der Waals surface area contributed by atoms with E-state index in [1.807, 2.05) is 4.90 Å². The Balaban J connectivity index is 1.53. The van der Waals surface area contributed by atoms with Crippen LogP contribution in [-0.2, 0) is 16.1 Å². The smallest absolute Gasteiger partial charge is 0.269 e. The Bertz CT molecular complexity index is 926. The van der Waals surface area contributed by atoms with E-state index in [2.05, 4.69) is 10.5 Å². The highest BCUT2D eigenvalue weighted by Crippen LogP contribution is 2.28. The van der Waals surface area contributed by atoms with Crippen LogP contribution in [0.15, 0.2) is 47.6 Å². The zero-order valence-corrected chi connectivity index (χ0v) is 17.2. The molecule has 10 heteroatoms. The highest BCUT2D eigenvalue weighted by molar-refractivity contribution is 5.83. The SMILES string of the molecule is COc1cc(/C=N\NC(=O)CN2CCOCC2)ccc1OCc1ccc([N+](=O)[O-])cc1. The predicted octanol–water partition coefficient (Wildman–Crippen LogP) is 1.96. The van der Waals surface area contributed by atoms with E-state index in [1.165, 1.54) is 25.5 Å². The number of carbonyl (C=O) groups excluding carboxylic acids is 1. The number of amides is 1. The number of benzene rings is 2. The highest BCUT2D eigenvalue weighted by atomic mass is 16.6. The van der Waals surface area contributed by atoms with Gasteiger partial charge in [0.15, 0.2) is 11.5 Å². The molecule has 1 amide bonds. The van der Waals surface area contributed by atoms with Crippen molar-refractivity contribution < 1.29 is 23.9 Å². The second-order valence-corrected chi connectivity index (χ2v) is 6.80. The molecule has 1 heterocycles. The van der Waals surface area contributed by atoms with Gasteiger partial charge in [0.2, 0.25) is 0 Å². The monoisotopic (exact) mass is 428 g/mol. The molecule has 1 fully saturated rings. The molecule has 2 aromatic carbocycles. The molecule has 0 saturated carbocycles. The molecule has 0 radical (unpaired) electrons. The molecule has 10 nitrogen and oxygen atoms in total. The molecular formula is C21H24N4O6. The summed E-state index contributed by atoms with van der Waals surface area (Å²) in [5.74, 6) is 0.841. The first-order chi connectivity index (χ1) is 15.0. The topological polar surface area (TPSA) is 116 Å². The lowest BCUT2D eigenvalue weighted by Crippen LogP contribution is -2.42. The number of hydrazone groups is 1. The van der Waals surface area contributed by atoms with Gasteiger partial charge in [0, 0.05) is 25.2 Å². The minimum absolute atomic E-state index is 0.0296. The number of non-ortho nitro benzene ring substituents is 1. The second-order valence-electron chi connectivity index (χ2n) is 6.80.